The first kappa shape index (κ1) is 15.5. The van der Waals surface area contributed by atoms with Crippen LogP contribution in [0, 0.1) is 0 Å². The van der Waals surface area contributed by atoms with Gasteiger partial charge in [-0.25, -0.2) is 9.78 Å². The highest BCUT2D eigenvalue weighted by Gasteiger charge is 2.16. The van der Waals surface area contributed by atoms with Crippen molar-refractivity contribution in [2.45, 2.75) is 19.4 Å². The van der Waals surface area contributed by atoms with Gasteiger partial charge in [0.2, 0.25) is 0 Å². The van der Waals surface area contributed by atoms with Gasteiger partial charge >= 0.3 is 6.03 Å². The van der Waals surface area contributed by atoms with Gasteiger partial charge in [-0.1, -0.05) is 41.7 Å². The molecule has 0 unspecified atom stereocenters. The number of benzene rings is 1. The Hall–Kier alpha value is -1.92. The van der Waals surface area contributed by atoms with Crippen molar-refractivity contribution < 1.29 is 4.79 Å². The Morgan fingerprint density at radius 1 is 1.29 bits per heavy atom. The molecule has 0 saturated carbocycles. The zero-order chi connectivity index (χ0) is 15.3. The van der Waals surface area contributed by atoms with Crippen LogP contribution in [0.3, 0.4) is 0 Å². The maximum Gasteiger partial charge on any atom is 0.321 e. The summed E-state index contributed by atoms with van der Waals surface area (Å²) >= 11 is 1.45. The van der Waals surface area contributed by atoms with Crippen molar-refractivity contribution in [3.8, 4) is 10.4 Å². The van der Waals surface area contributed by atoms with Crippen LogP contribution in [0.15, 0.2) is 36.5 Å². The number of carbonyl (C=O) groups excluding carboxylic acids is 1. The van der Waals surface area contributed by atoms with Crippen LogP contribution in [0.1, 0.15) is 13.8 Å². The summed E-state index contributed by atoms with van der Waals surface area (Å²) in [6, 6.07) is 9.73. The Morgan fingerprint density at radius 2 is 2.00 bits per heavy atom. The quantitative estimate of drug-likeness (QED) is 0.795. The minimum atomic E-state index is -0.243. The number of amides is 2. The normalized spacial score (nSPS) is 11.2. The first-order valence-electron chi connectivity index (χ1n) is 6.75. The molecule has 0 atom stereocenters. The number of hydrogen-bond acceptors (Lipinski definition) is 4. The van der Waals surface area contributed by atoms with Crippen molar-refractivity contribution in [2.75, 3.05) is 18.9 Å². The molecule has 2 amide bonds. The molecule has 3 N–H and O–H groups in total. The van der Waals surface area contributed by atoms with Gasteiger partial charge in [-0.2, -0.15) is 0 Å². The van der Waals surface area contributed by atoms with E-state index in [0.29, 0.717) is 11.7 Å². The molecule has 0 saturated heterocycles. The zero-order valence-corrected chi connectivity index (χ0v) is 13.3. The summed E-state index contributed by atoms with van der Waals surface area (Å²) in [5.41, 5.74) is 0.954. The highest BCUT2D eigenvalue weighted by molar-refractivity contribution is 7.19. The maximum absolute atomic E-state index is 11.8. The van der Waals surface area contributed by atoms with Crippen molar-refractivity contribution in [1.29, 1.82) is 0 Å². The predicted molar refractivity (Wildman–Crippen MR) is 87.7 cm³/mol. The van der Waals surface area contributed by atoms with E-state index in [4.69, 9.17) is 0 Å². The second kappa shape index (κ2) is 6.69. The number of carbonyl (C=O) groups is 1. The fraction of sp³-hybridized carbons (Fsp3) is 0.333. The molecule has 5 nitrogen and oxygen atoms in total. The molecule has 112 valence electrons. The Kier molecular flexibility index (Phi) is 4.93. The minimum absolute atomic E-state index is 0.143. The summed E-state index contributed by atoms with van der Waals surface area (Å²) in [6.07, 6.45) is 1.77. The number of hydrogen-bond donors (Lipinski definition) is 3. The highest BCUT2D eigenvalue weighted by Crippen LogP contribution is 2.28. The van der Waals surface area contributed by atoms with Gasteiger partial charge in [0.1, 0.15) is 0 Å². The van der Waals surface area contributed by atoms with Crippen LogP contribution in [0.5, 0.6) is 0 Å². The van der Waals surface area contributed by atoms with E-state index < -0.39 is 0 Å². The standard InChI is InChI=1S/C15H20N4OS/c1-15(2,16-3)10-18-13(20)19-14-17-9-12(21-14)11-7-5-4-6-8-11/h4-9,16H,10H2,1-3H3,(H2,17,18,19,20). The smallest absolute Gasteiger partial charge is 0.321 e. The van der Waals surface area contributed by atoms with Crippen molar-refractivity contribution in [3.63, 3.8) is 0 Å². The number of anilines is 1. The molecule has 1 aromatic heterocycles. The summed E-state index contributed by atoms with van der Waals surface area (Å²) < 4.78 is 0. The van der Waals surface area contributed by atoms with Crippen molar-refractivity contribution in [1.82, 2.24) is 15.6 Å². The average Bonchev–Trinajstić information content (AvgIpc) is 2.95. The minimum Gasteiger partial charge on any atom is -0.336 e. The lowest BCUT2D eigenvalue weighted by molar-refractivity contribution is 0.248. The molecule has 6 heteroatoms. The summed E-state index contributed by atoms with van der Waals surface area (Å²) in [6.45, 7) is 4.57. The van der Waals surface area contributed by atoms with E-state index in [0.717, 1.165) is 10.4 Å². The van der Waals surface area contributed by atoms with Gasteiger partial charge in [0.15, 0.2) is 5.13 Å². The van der Waals surface area contributed by atoms with Gasteiger partial charge < -0.3 is 10.6 Å². The molecule has 21 heavy (non-hydrogen) atoms. The maximum atomic E-state index is 11.8. The van der Waals surface area contributed by atoms with Crippen molar-refractivity contribution >= 4 is 22.5 Å². The number of rotatable bonds is 5. The summed E-state index contributed by atoms with van der Waals surface area (Å²) in [7, 11) is 1.87. The number of aromatic nitrogens is 1. The van der Waals surface area contributed by atoms with Gasteiger partial charge in [-0.05, 0) is 26.5 Å². The number of nitrogens with one attached hydrogen (secondary N) is 3. The molecule has 2 rings (SSSR count). The van der Waals surface area contributed by atoms with Crippen molar-refractivity contribution in [2.24, 2.45) is 0 Å². The van der Waals surface area contributed by atoms with E-state index in [9.17, 15) is 4.79 Å². The van der Waals surface area contributed by atoms with E-state index in [1.165, 1.54) is 11.3 Å². The Morgan fingerprint density at radius 3 is 2.67 bits per heavy atom. The highest BCUT2D eigenvalue weighted by atomic mass is 32.1. The molecule has 1 aromatic carbocycles. The Bertz CT molecular complexity index is 595. The molecule has 0 spiro atoms. The molecule has 1 heterocycles. The van der Waals surface area contributed by atoms with Gasteiger partial charge in [0.25, 0.3) is 0 Å². The second-order valence-corrected chi connectivity index (χ2v) is 6.37. The van der Waals surface area contributed by atoms with E-state index in [-0.39, 0.29) is 11.6 Å². The Labute approximate surface area is 128 Å². The molecule has 0 aliphatic heterocycles. The number of likely N-dealkylation sites (N-methyl/N-ethyl adjacent to an activating group) is 1. The number of nitrogens with zero attached hydrogens (tertiary/aromatic N) is 1. The lowest BCUT2D eigenvalue weighted by Gasteiger charge is -2.24. The van der Waals surface area contributed by atoms with E-state index in [2.05, 4.69) is 20.9 Å². The van der Waals surface area contributed by atoms with Crippen LogP contribution in [-0.2, 0) is 0 Å². The average molecular weight is 304 g/mol. The van der Waals surface area contributed by atoms with Gasteiger partial charge in [0.05, 0.1) is 4.88 Å². The van der Waals surface area contributed by atoms with Gasteiger partial charge in [-0.3, -0.25) is 5.32 Å². The summed E-state index contributed by atoms with van der Waals surface area (Å²) in [5, 5.41) is 9.31. The fourth-order valence-corrected chi connectivity index (χ4v) is 2.42. The first-order chi connectivity index (χ1) is 10.00. The summed E-state index contributed by atoms with van der Waals surface area (Å²) in [5.74, 6) is 0. The van der Waals surface area contributed by atoms with E-state index in [1.807, 2.05) is 51.2 Å². The zero-order valence-electron chi connectivity index (χ0n) is 12.4. The molecule has 0 fully saturated rings. The SMILES string of the molecule is CNC(C)(C)CNC(=O)Nc1ncc(-c2ccccc2)s1. The predicted octanol–water partition coefficient (Wildman–Crippen LogP) is 2.93. The van der Waals surface area contributed by atoms with Crippen LogP contribution in [0.4, 0.5) is 9.93 Å². The van der Waals surface area contributed by atoms with Gasteiger partial charge in [-0.15, -0.1) is 0 Å². The van der Waals surface area contributed by atoms with Crippen LogP contribution in [0.2, 0.25) is 0 Å². The lowest BCUT2D eigenvalue weighted by atomic mass is 10.1. The first-order valence-corrected chi connectivity index (χ1v) is 7.57. The van der Waals surface area contributed by atoms with E-state index >= 15 is 0 Å². The fourth-order valence-electron chi connectivity index (χ4n) is 1.60. The molecule has 0 radical (unpaired) electrons. The molecule has 0 aliphatic carbocycles. The number of thiazole rings is 1. The second-order valence-electron chi connectivity index (χ2n) is 5.34. The van der Waals surface area contributed by atoms with Crippen LogP contribution in [0.25, 0.3) is 10.4 Å². The van der Waals surface area contributed by atoms with Gasteiger partial charge in [0, 0.05) is 18.3 Å². The van der Waals surface area contributed by atoms with Crippen LogP contribution in [-0.4, -0.2) is 30.1 Å². The summed E-state index contributed by atoms with van der Waals surface area (Å²) in [4.78, 5) is 17.1. The largest absolute Gasteiger partial charge is 0.336 e. The molecule has 0 aliphatic rings. The van der Waals surface area contributed by atoms with Crippen LogP contribution >= 0.6 is 11.3 Å². The third-order valence-electron chi connectivity index (χ3n) is 3.15. The topological polar surface area (TPSA) is 66.0 Å². The molecular weight excluding hydrogens is 284 g/mol. The number of urea groups is 1. The van der Waals surface area contributed by atoms with E-state index in [1.54, 1.807) is 6.20 Å². The lowest BCUT2D eigenvalue weighted by Crippen LogP contribution is -2.48. The third kappa shape index (κ3) is 4.54. The molecule has 2 aromatic rings. The molecular formula is C15H20N4OS. The van der Waals surface area contributed by atoms with Crippen LogP contribution < -0.4 is 16.0 Å². The molecule has 0 bridgehead atoms. The third-order valence-corrected chi connectivity index (χ3v) is 4.11. The Balaban J connectivity index is 1.92. The van der Waals surface area contributed by atoms with Crippen molar-refractivity contribution in [3.05, 3.63) is 36.5 Å². The monoisotopic (exact) mass is 304 g/mol.